The fourth-order valence-electron chi connectivity index (χ4n) is 1.41. The number of benzene rings is 1. The Bertz CT molecular complexity index is 513. The fourth-order valence-corrected chi connectivity index (χ4v) is 2.59. The number of nitrogens with two attached hydrogens (primary N) is 1. The average molecular weight is 262 g/mol. The van der Waals surface area contributed by atoms with E-state index in [4.69, 9.17) is 5.73 Å². The lowest BCUT2D eigenvalue weighted by atomic mass is 10.3. The lowest BCUT2D eigenvalue weighted by Crippen LogP contribution is -2.23. The van der Waals surface area contributed by atoms with Crippen LogP contribution in [0.25, 0.3) is 0 Å². The molecule has 1 aliphatic rings. The van der Waals surface area contributed by atoms with Crippen molar-refractivity contribution in [3.63, 3.8) is 0 Å². The molecule has 0 saturated carbocycles. The third kappa shape index (κ3) is 2.34. The summed E-state index contributed by atoms with van der Waals surface area (Å²) in [5.74, 6) is 0.399. The number of rotatable bonds is 2. The highest BCUT2D eigenvalue weighted by atomic mass is 35.5. The molecule has 0 saturated heterocycles. The fraction of sp³-hybridized carbons (Fsp3) is 0.222. The van der Waals surface area contributed by atoms with Gasteiger partial charge in [0.1, 0.15) is 10.7 Å². The lowest BCUT2D eigenvalue weighted by Gasteiger charge is -2.17. The zero-order valence-electron chi connectivity index (χ0n) is 8.38. The van der Waals surface area contributed by atoms with Crippen LogP contribution in [0.3, 0.4) is 0 Å². The van der Waals surface area contributed by atoms with Crippen molar-refractivity contribution < 1.29 is 8.42 Å². The van der Waals surface area contributed by atoms with Gasteiger partial charge in [0.2, 0.25) is 0 Å². The molecule has 0 bridgehead atoms. The van der Waals surface area contributed by atoms with Crippen molar-refractivity contribution in [3.05, 3.63) is 24.3 Å². The van der Waals surface area contributed by atoms with Crippen LogP contribution in [-0.4, -0.2) is 20.8 Å². The molecule has 88 valence electrons. The third-order valence-electron chi connectivity index (χ3n) is 2.06. The van der Waals surface area contributed by atoms with Crippen LogP contribution in [0.2, 0.25) is 0 Å². The molecule has 2 rings (SSSR count). The monoisotopic (exact) mass is 261 g/mol. The van der Waals surface area contributed by atoms with Gasteiger partial charge in [-0.3, -0.25) is 0 Å². The normalized spacial score (nSPS) is 16.4. The molecular formula is C9H12ClN3O2S. The van der Waals surface area contributed by atoms with E-state index >= 15 is 0 Å². The zero-order valence-corrected chi connectivity index (χ0v) is 10.0. The molecule has 0 unspecified atom stereocenters. The second kappa shape index (κ2) is 4.82. The van der Waals surface area contributed by atoms with E-state index in [0.717, 1.165) is 0 Å². The number of fused-ring (bicyclic) bond motifs is 1. The number of para-hydroxylation sites is 1. The average Bonchev–Trinajstić information content (AvgIpc) is 2.17. The van der Waals surface area contributed by atoms with Crippen LogP contribution in [0.4, 0.5) is 5.69 Å². The highest BCUT2D eigenvalue weighted by Gasteiger charge is 2.23. The SMILES string of the molecule is Cl.NCCC1=NS(=O)(=O)c2ccccc2N1. The number of nitrogens with zero attached hydrogens (tertiary/aromatic N) is 1. The highest BCUT2D eigenvalue weighted by molar-refractivity contribution is 7.90. The van der Waals surface area contributed by atoms with Crippen LogP contribution >= 0.6 is 12.4 Å². The zero-order chi connectivity index (χ0) is 10.9. The van der Waals surface area contributed by atoms with E-state index in [-0.39, 0.29) is 17.3 Å². The first-order valence-corrected chi connectivity index (χ1v) is 5.97. The molecular weight excluding hydrogens is 250 g/mol. The predicted molar refractivity (Wildman–Crippen MR) is 65.6 cm³/mol. The molecule has 0 spiro atoms. The highest BCUT2D eigenvalue weighted by Crippen LogP contribution is 2.26. The summed E-state index contributed by atoms with van der Waals surface area (Å²) >= 11 is 0. The molecule has 0 amide bonds. The largest absolute Gasteiger partial charge is 0.342 e. The van der Waals surface area contributed by atoms with Crippen molar-refractivity contribution in [3.8, 4) is 0 Å². The Balaban J connectivity index is 0.00000128. The first-order valence-electron chi connectivity index (χ1n) is 4.53. The van der Waals surface area contributed by atoms with E-state index in [0.29, 0.717) is 24.5 Å². The summed E-state index contributed by atoms with van der Waals surface area (Å²) < 4.78 is 27.0. The summed E-state index contributed by atoms with van der Waals surface area (Å²) in [4.78, 5) is 0.214. The topological polar surface area (TPSA) is 84.5 Å². The van der Waals surface area contributed by atoms with Gasteiger partial charge in [-0.2, -0.15) is 8.42 Å². The molecule has 1 heterocycles. The van der Waals surface area contributed by atoms with Crippen LogP contribution in [0.5, 0.6) is 0 Å². The van der Waals surface area contributed by atoms with Crippen molar-refractivity contribution >= 4 is 34.0 Å². The molecule has 0 aromatic heterocycles. The minimum absolute atomic E-state index is 0. The van der Waals surface area contributed by atoms with Gasteiger partial charge in [0.25, 0.3) is 10.0 Å². The Morgan fingerprint density at radius 1 is 1.31 bits per heavy atom. The maximum atomic E-state index is 11.7. The van der Waals surface area contributed by atoms with Crippen LogP contribution in [0, 0.1) is 0 Å². The second-order valence-corrected chi connectivity index (χ2v) is 4.75. The quantitative estimate of drug-likeness (QED) is 0.831. The van der Waals surface area contributed by atoms with Gasteiger partial charge in [0.15, 0.2) is 0 Å². The van der Waals surface area contributed by atoms with Gasteiger partial charge in [0, 0.05) is 6.42 Å². The summed E-state index contributed by atoms with van der Waals surface area (Å²) in [6.45, 7) is 0.365. The molecule has 5 nitrogen and oxygen atoms in total. The second-order valence-electron chi connectivity index (χ2n) is 3.17. The summed E-state index contributed by atoms with van der Waals surface area (Å²) in [7, 11) is -3.54. The summed E-state index contributed by atoms with van der Waals surface area (Å²) in [5.41, 5.74) is 5.92. The molecule has 7 heteroatoms. The van der Waals surface area contributed by atoms with E-state index in [9.17, 15) is 8.42 Å². The molecule has 0 radical (unpaired) electrons. The number of halogens is 1. The number of amidine groups is 1. The Kier molecular flexibility index (Phi) is 3.90. The van der Waals surface area contributed by atoms with Crippen LogP contribution in [0.1, 0.15) is 6.42 Å². The van der Waals surface area contributed by atoms with Crippen LogP contribution in [0.15, 0.2) is 33.6 Å². The number of hydrogen-bond acceptors (Lipinski definition) is 4. The third-order valence-corrected chi connectivity index (χ3v) is 3.43. The Morgan fingerprint density at radius 2 is 2.00 bits per heavy atom. The Morgan fingerprint density at radius 3 is 2.69 bits per heavy atom. The van der Waals surface area contributed by atoms with Crippen molar-refractivity contribution in [2.75, 3.05) is 11.9 Å². The van der Waals surface area contributed by atoms with Gasteiger partial charge in [-0.15, -0.1) is 16.8 Å². The molecule has 0 atom stereocenters. The number of sulfonamides is 1. The number of hydrogen-bond donors (Lipinski definition) is 2. The van der Waals surface area contributed by atoms with Gasteiger partial charge in [-0.25, -0.2) is 0 Å². The molecule has 1 aliphatic heterocycles. The van der Waals surface area contributed by atoms with Gasteiger partial charge in [-0.1, -0.05) is 12.1 Å². The van der Waals surface area contributed by atoms with Crippen molar-refractivity contribution in [2.45, 2.75) is 11.3 Å². The Labute approximate surface area is 100 Å². The van der Waals surface area contributed by atoms with Crippen molar-refractivity contribution in [1.82, 2.24) is 0 Å². The molecule has 16 heavy (non-hydrogen) atoms. The first kappa shape index (κ1) is 13.0. The maximum absolute atomic E-state index is 11.7. The molecule has 1 aromatic rings. The lowest BCUT2D eigenvalue weighted by molar-refractivity contribution is 0.597. The minimum Gasteiger partial charge on any atom is -0.342 e. The number of anilines is 1. The van der Waals surface area contributed by atoms with Gasteiger partial charge in [0.05, 0.1) is 5.69 Å². The van der Waals surface area contributed by atoms with E-state index in [1.54, 1.807) is 18.2 Å². The molecule has 0 fully saturated rings. The Hall–Kier alpha value is -1.11. The van der Waals surface area contributed by atoms with Crippen molar-refractivity contribution in [1.29, 1.82) is 0 Å². The molecule has 3 N–H and O–H groups in total. The van der Waals surface area contributed by atoms with Gasteiger partial charge in [-0.05, 0) is 18.7 Å². The smallest absolute Gasteiger partial charge is 0.286 e. The van der Waals surface area contributed by atoms with E-state index in [2.05, 4.69) is 9.71 Å². The molecule has 0 aliphatic carbocycles. The van der Waals surface area contributed by atoms with Crippen LogP contribution < -0.4 is 11.1 Å². The molecule has 1 aromatic carbocycles. The summed E-state index contributed by atoms with van der Waals surface area (Å²) in [6, 6.07) is 6.67. The van der Waals surface area contributed by atoms with Gasteiger partial charge >= 0.3 is 0 Å². The number of nitrogens with one attached hydrogen (secondary N) is 1. The minimum atomic E-state index is -3.54. The summed E-state index contributed by atoms with van der Waals surface area (Å²) in [5, 5.41) is 2.94. The first-order chi connectivity index (χ1) is 7.13. The van der Waals surface area contributed by atoms with E-state index in [1.165, 1.54) is 6.07 Å². The predicted octanol–water partition coefficient (Wildman–Crippen LogP) is 0.970. The maximum Gasteiger partial charge on any atom is 0.286 e. The van der Waals surface area contributed by atoms with Crippen LogP contribution in [-0.2, 0) is 10.0 Å². The summed E-state index contributed by atoms with van der Waals surface area (Å²) in [6.07, 6.45) is 0.424. The van der Waals surface area contributed by atoms with Gasteiger partial charge < -0.3 is 11.1 Å². The van der Waals surface area contributed by atoms with E-state index < -0.39 is 10.0 Å². The van der Waals surface area contributed by atoms with E-state index in [1.807, 2.05) is 0 Å². The standard InChI is InChI=1S/C9H11N3O2S.ClH/c10-6-5-9-11-7-3-1-2-4-8(7)15(13,14)12-9;/h1-4H,5-6,10H2,(H,11,12);1H. The van der Waals surface area contributed by atoms with Crippen molar-refractivity contribution in [2.24, 2.45) is 10.1 Å².